The van der Waals surface area contributed by atoms with Gasteiger partial charge in [0.2, 0.25) is 0 Å². The maximum Gasteiger partial charge on any atom is 0.149 e. The van der Waals surface area contributed by atoms with Crippen molar-refractivity contribution in [2.75, 3.05) is 14.2 Å². The molecule has 6 nitrogen and oxygen atoms in total. The maximum atomic E-state index is 5.82. The van der Waals surface area contributed by atoms with Gasteiger partial charge >= 0.3 is 0 Å². The summed E-state index contributed by atoms with van der Waals surface area (Å²) < 4.78 is 11.6. The van der Waals surface area contributed by atoms with E-state index in [-0.39, 0.29) is 12.1 Å². The SMILES string of the molecule is COC1=C(C)/C2=C/c3[nH]c(c(C)c3C(C)OC)/C=C3\NC(/C=c4\[nH]/c(c(C)c4C)=C\C1=N2)C(C)=C3C. The number of hydrogen-bond acceptors (Lipinski definition) is 4. The molecule has 0 aromatic carbocycles. The van der Waals surface area contributed by atoms with E-state index in [1.54, 1.807) is 14.2 Å². The Labute approximate surface area is 212 Å². The van der Waals surface area contributed by atoms with Gasteiger partial charge in [0.1, 0.15) is 11.5 Å². The number of fused-ring (bicyclic) bond motifs is 7. The molecule has 3 N–H and O–H groups in total. The molecule has 2 aromatic rings. The smallest absolute Gasteiger partial charge is 0.149 e. The van der Waals surface area contributed by atoms with Crippen molar-refractivity contribution in [3.05, 3.63) is 78.2 Å². The summed E-state index contributed by atoms with van der Waals surface area (Å²) in [6.07, 6.45) is 8.66. The molecule has 6 heteroatoms. The quantitative estimate of drug-likeness (QED) is 0.595. The third-order valence-corrected chi connectivity index (χ3v) is 8.13. The largest absolute Gasteiger partial charge is 0.494 e. The molecule has 0 aliphatic carbocycles. The summed E-state index contributed by atoms with van der Waals surface area (Å²) in [5, 5.41) is 5.92. The van der Waals surface area contributed by atoms with E-state index in [2.05, 4.69) is 88.1 Å². The predicted octanol–water partition coefficient (Wildman–Crippen LogP) is 4.62. The number of nitrogens with zero attached hydrogens (tertiary/aromatic N) is 1. The van der Waals surface area contributed by atoms with Crippen LogP contribution in [0, 0.1) is 20.8 Å². The molecule has 0 fully saturated rings. The summed E-state index contributed by atoms with van der Waals surface area (Å²) in [5.74, 6) is 0.796. The Morgan fingerprint density at radius 1 is 0.833 bits per heavy atom. The van der Waals surface area contributed by atoms with Crippen molar-refractivity contribution in [2.45, 2.75) is 60.6 Å². The van der Waals surface area contributed by atoms with Crippen molar-refractivity contribution in [1.82, 2.24) is 15.3 Å². The first-order valence-electron chi connectivity index (χ1n) is 12.5. The molecule has 188 valence electrons. The third kappa shape index (κ3) is 3.71. The van der Waals surface area contributed by atoms with Crippen LogP contribution in [-0.4, -0.2) is 35.9 Å². The molecule has 3 aliphatic rings. The van der Waals surface area contributed by atoms with Gasteiger partial charge in [-0.15, -0.1) is 0 Å². The van der Waals surface area contributed by atoms with Crippen LogP contribution >= 0.6 is 0 Å². The monoisotopic (exact) mass is 484 g/mol. The van der Waals surface area contributed by atoms with Crippen LogP contribution in [0.25, 0.3) is 24.3 Å². The molecule has 2 aromatic heterocycles. The number of aromatic nitrogens is 2. The van der Waals surface area contributed by atoms with E-state index in [4.69, 9.17) is 14.5 Å². The second kappa shape index (κ2) is 8.86. The molecule has 0 saturated heterocycles. The summed E-state index contributed by atoms with van der Waals surface area (Å²) in [6, 6.07) is 0.118. The van der Waals surface area contributed by atoms with Gasteiger partial charge in [0.25, 0.3) is 0 Å². The molecule has 0 radical (unpaired) electrons. The number of aliphatic imine (C=N–C) groups is 1. The molecule has 2 unspecified atom stereocenters. The zero-order valence-electron chi connectivity index (χ0n) is 22.7. The number of rotatable bonds is 3. The molecule has 0 spiro atoms. The lowest BCUT2D eigenvalue weighted by molar-refractivity contribution is 0.119. The van der Waals surface area contributed by atoms with Crippen LogP contribution in [0.3, 0.4) is 0 Å². The molecular weight excluding hydrogens is 448 g/mol. The Balaban J connectivity index is 1.85. The van der Waals surface area contributed by atoms with Gasteiger partial charge in [-0.3, -0.25) is 0 Å². The van der Waals surface area contributed by atoms with Crippen molar-refractivity contribution in [1.29, 1.82) is 0 Å². The van der Waals surface area contributed by atoms with E-state index in [0.717, 1.165) is 56.1 Å². The summed E-state index contributed by atoms with van der Waals surface area (Å²) in [4.78, 5) is 12.3. The summed E-state index contributed by atoms with van der Waals surface area (Å²) in [6.45, 7) is 15.0. The highest BCUT2D eigenvalue weighted by Gasteiger charge is 2.26. The number of methoxy groups -OCH3 is 2. The van der Waals surface area contributed by atoms with Gasteiger partial charge in [0.15, 0.2) is 0 Å². The van der Waals surface area contributed by atoms with Crippen molar-refractivity contribution < 1.29 is 9.47 Å². The van der Waals surface area contributed by atoms with Crippen molar-refractivity contribution in [3.8, 4) is 0 Å². The number of hydrogen-bond donors (Lipinski definition) is 3. The van der Waals surface area contributed by atoms with Gasteiger partial charge in [-0.05, 0) is 101 Å². The summed E-state index contributed by atoms with van der Waals surface area (Å²) >= 11 is 0. The van der Waals surface area contributed by atoms with Crippen molar-refractivity contribution in [2.24, 2.45) is 4.99 Å². The minimum absolute atomic E-state index is 0.0661. The first-order valence-corrected chi connectivity index (χ1v) is 12.5. The van der Waals surface area contributed by atoms with Crippen LogP contribution in [0.4, 0.5) is 0 Å². The van der Waals surface area contributed by atoms with Crippen LogP contribution < -0.4 is 16.0 Å². The summed E-state index contributed by atoms with van der Waals surface area (Å²) in [7, 11) is 3.46. The topological polar surface area (TPSA) is 74.4 Å². The minimum Gasteiger partial charge on any atom is -0.494 e. The Morgan fingerprint density at radius 3 is 2.25 bits per heavy atom. The zero-order chi connectivity index (χ0) is 25.9. The Kier molecular flexibility index (Phi) is 5.95. The van der Waals surface area contributed by atoms with E-state index >= 15 is 0 Å². The van der Waals surface area contributed by atoms with Crippen LogP contribution in [0.1, 0.15) is 67.4 Å². The van der Waals surface area contributed by atoms with E-state index in [0.29, 0.717) is 0 Å². The van der Waals surface area contributed by atoms with Gasteiger partial charge in [-0.2, -0.15) is 0 Å². The molecule has 8 bridgehead atoms. The second-order valence-corrected chi connectivity index (χ2v) is 10.1. The molecule has 5 rings (SSSR count). The Bertz CT molecular complexity index is 1550. The number of ether oxygens (including phenoxy) is 2. The van der Waals surface area contributed by atoms with E-state index in [9.17, 15) is 0 Å². The number of allylic oxidation sites excluding steroid dienone is 3. The lowest BCUT2D eigenvalue weighted by Gasteiger charge is -2.11. The average molecular weight is 485 g/mol. The van der Waals surface area contributed by atoms with Gasteiger partial charge in [0, 0.05) is 46.0 Å². The third-order valence-electron chi connectivity index (χ3n) is 8.13. The number of H-pyrrole nitrogens is 2. The molecule has 0 amide bonds. The van der Waals surface area contributed by atoms with Crippen LogP contribution in [0.2, 0.25) is 0 Å². The molecule has 3 aliphatic heterocycles. The van der Waals surface area contributed by atoms with Gasteiger partial charge in [0.05, 0.1) is 25.0 Å². The van der Waals surface area contributed by atoms with E-state index in [1.165, 1.54) is 27.8 Å². The fourth-order valence-electron chi connectivity index (χ4n) is 5.40. The maximum absolute atomic E-state index is 5.82. The van der Waals surface area contributed by atoms with Gasteiger partial charge < -0.3 is 24.8 Å². The highest BCUT2D eigenvalue weighted by molar-refractivity contribution is 6.22. The normalized spacial score (nSPS) is 24.7. The highest BCUT2D eigenvalue weighted by Crippen LogP contribution is 2.35. The highest BCUT2D eigenvalue weighted by atomic mass is 16.5. The average Bonchev–Trinajstić information content (AvgIpc) is 3.50. The van der Waals surface area contributed by atoms with Crippen molar-refractivity contribution >= 4 is 30.0 Å². The van der Waals surface area contributed by atoms with E-state index in [1.807, 2.05) is 0 Å². The lowest BCUT2D eigenvalue weighted by Crippen LogP contribution is -2.25. The van der Waals surface area contributed by atoms with Gasteiger partial charge in [-0.25, -0.2) is 4.99 Å². The Hall–Kier alpha value is -3.51. The Morgan fingerprint density at radius 2 is 1.56 bits per heavy atom. The molecular formula is C30H36N4O2. The zero-order valence-corrected chi connectivity index (χ0v) is 22.7. The van der Waals surface area contributed by atoms with Crippen LogP contribution in [0.15, 0.2) is 38.9 Å². The second-order valence-electron chi connectivity index (χ2n) is 10.1. The first kappa shape index (κ1) is 24.2. The van der Waals surface area contributed by atoms with Crippen LogP contribution in [0.5, 0.6) is 0 Å². The number of nitrogens with one attached hydrogen (secondary N) is 3. The standard InChI is InChI=1S/C30H36N4O2/c1-14-15(2)23-11-25-18(5)29(20(7)35-8)27(33-25)12-26-19(6)30(36-9)28(34-26)13-24-17(4)16(3)22(32-24)10-21(14)31-23/h10-13,20-21,31-33H,1-9H3/b22-10-,23-11-,24-13-,26-12-. The minimum atomic E-state index is -0.0661. The fraction of sp³-hybridized carbons (Fsp3) is 0.367. The van der Waals surface area contributed by atoms with Crippen molar-refractivity contribution in [3.63, 3.8) is 0 Å². The van der Waals surface area contributed by atoms with E-state index < -0.39 is 0 Å². The first-order chi connectivity index (χ1) is 17.1. The number of aromatic amines is 2. The lowest BCUT2D eigenvalue weighted by atomic mass is 10.0. The summed E-state index contributed by atoms with van der Waals surface area (Å²) in [5.41, 5.74) is 13.3. The molecule has 0 saturated carbocycles. The molecule has 5 heterocycles. The predicted molar refractivity (Wildman–Crippen MR) is 148 cm³/mol. The molecule has 2 atom stereocenters. The van der Waals surface area contributed by atoms with Crippen LogP contribution in [-0.2, 0) is 9.47 Å². The molecule has 36 heavy (non-hydrogen) atoms. The fourth-order valence-corrected chi connectivity index (χ4v) is 5.40. The van der Waals surface area contributed by atoms with Gasteiger partial charge in [-0.1, -0.05) is 0 Å².